The summed E-state index contributed by atoms with van der Waals surface area (Å²) in [5.41, 5.74) is 8.91. The highest BCUT2D eigenvalue weighted by molar-refractivity contribution is 5.81. The molecule has 4 heteroatoms. The standard InChI is InChI=1S/C16H19N3O/c1-12-6-5-9-18-15(12)11-19-16(20)14(17)10-13-7-3-2-4-8-13/h2-9,14H,10-11,17H2,1H3,(H,19,20)/t14-/m1/s1. The first-order valence-corrected chi connectivity index (χ1v) is 6.64. The lowest BCUT2D eigenvalue weighted by atomic mass is 10.1. The number of nitrogens with zero attached hydrogens (tertiary/aromatic N) is 1. The zero-order chi connectivity index (χ0) is 14.4. The Bertz CT molecular complexity index is 569. The highest BCUT2D eigenvalue weighted by atomic mass is 16.2. The fourth-order valence-electron chi connectivity index (χ4n) is 1.97. The molecule has 1 heterocycles. The van der Waals surface area contributed by atoms with Crippen LogP contribution in [0.4, 0.5) is 0 Å². The molecular weight excluding hydrogens is 250 g/mol. The summed E-state index contributed by atoms with van der Waals surface area (Å²) in [6.07, 6.45) is 2.26. The van der Waals surface area contributed by atoms with Crippen LogP contribution in [0.25, 0.3) is 0 Å². The van der Waals surface area contributed by atoms with Crippen molar-refractivity contribution >= 4 is 5.91 Å². The zero-order valence-electron chi connectivity index (χ0n) is 11.5. The van der Waals surface area contributed by atoms with Gasteiger partial charge < -0.3 is 11.1 Å². The van der Waals surface area contributed by atoms with Gasteiger partial charge in [0.2, 0.25) is 5.91 Å². The van der Waals surface area contributed by atoms with E-state index in [9.17, 15) is 4.79 Å². The molecule has 2 aromatic rings. The van der Waals surface area contributed by atoms with Crippen LogP contribution in [0, 0.1) is 6.92 Å². The lowest BCUT2D eigenvalue weighted by Crippen LogP contribution is -2.41. The second-order valence-corrected chi connectivity index (χ2v) is 4.78. The minimum absolute atomic E-state index is 0.154. The van der Waals surface area contributed by atoms with Gasteiger partial charge in [0.05, 0.1) is 18.3 Å². The number of aryl methyl sites for hydroxylation is 1. The third kappa shape index (κ3) is 3.90. The van der Waals surface area contributed by atoms with E-state index in [4.69, 9.17) is 5.73 Å². The lowest BCUT2D eigenvalue weighted by molar-refractivity contribution is -0.122. The average molecular weight is 269 g/mol. The molecule has 0 fully saturated rings. The molecule has 1 aromatic heterocycles. The van der Waals surface area contributed by atoms with E-state index in [0.717, 1.165) is 16.8 Å². The molecule has 2 rings (SSSR count). The number of amides is 1. The Morgan fingerprint density at radius 2 is 2.00 bits per heavy atom. The fraction of sp³-hybridized carbons (Fsp3) is 0.250. The second-order valence-electron chi connectivity index (χ2n) is 4.78. The van der Waals surface area contributed by atoms with Gasteiger partial charge in [0.15, 0.2) is 0 Å². The number of nitrogens with one attached hydrogen (secondary N) is 1. The Morgan fingerprint density at radius 3 is 2.70 bits per heavy atom. The molecule has 0 aliphatic carbocycles. The topological polar surface area (TPSA) is 68.0 Å². The normalized spacial score (nSPS) is 11.9. The summed E-state index contributed by atoms with van der Waals surface area (Å²) in [6.45, 7) is 2.38. The molecule has 1 aromatic carbocycles. The van der Waals surface area contributed by atoms with Crippen molar-refractivity contribution < 1.29 is 4.79 Å². The minimum Gasteiger partial charge on any atom is -0.349 e. The maximum Gasteiger partial charge on any atom is 0.237 e. The van der Waals surface area contributed by atoms with E-state index in [2.05, 4.69) is 10.3 Å². The number of hydrogen-bond acceptors (Lipinski definition) is 3. The van der Waals surface area contributed by atoms with Gasteiger partial charge in [0.1, 0.15) is 0 Å². The third-order valence-corrected chi connectivity index (χ3v) is 3.18. The van der Waals surface area contributed by atoms with E-state index in [1.54, 1.807) is 6.20 Å². The van der Waals surface area contributed by atoms with Crippen LogP contribution in [-0.4, -0.2) is 16.9 Å². The monoisotopic (exact) mass is 269 g/mol. The van der Waals surface area contributed by atoms with Crippen molar-refractivity contribution in [2.24, 2.45) is 5.73 Å². The van der Waals surface area contributed by atoms with Crippen molar-refractivity contribution in [3.63, 3.8) is 0 Å². The summed E-state index contributed by atoms with van der Waals surface area (Å²) < 4.78 is 0. The van der Waals surface area contributed by atoms with E-state index in [1.165, 1.54) is 0 Å². The summed E-state index contributed by atoms with van der Waals surface area (Å²) in [6, 6.07) is 13.1. The molecular formula is C16H19N3O. The van der Waals surface area contributed by atoms with Gasteiger partial charge in [-0.25, -0.2) is 0 Å². The molecule has 3 N–H and O–H groups in total. The number of carbonyl (C=O) groups is 1. The maximum absolute atomic E-state index is 12.0. The zero-order valence-corrected chi connectivity index (χ0v) is 11.5. The van der Waals surface area contributed by atoms with Crippen LogP contribution < -0.4 is 11.1 Å². The van der Waals surface area contributed by atoms with Gasteiger partial charge in [-0.2, -0.15) is 0 Å². The van der Waals surface area contributed by atoms with E-state index >= 15 is 0 Å². The van der Waals surface area contributed by atoms with E-state index in [0.29, 0.717) is 13.0 Å². The Morgan fingerprint density at radius 1 is 1.25 bits per heavy atom. The number of benzene rings is 1. The number of aromatic nitrogens is 1. The Labute approximate surface area is 119 Å². The number of rotatable bonds is 5. The predicted molar refractivity (Wildman–Crippen MR) is 78.9 cm³/mol. The van der Waals surface area contributed by atoms with Gasteiger partial charge in [-0.1, -0.05) is 36.4 Å². The van der Waals surface area contributed by atoms with Crippen LogP contribution in [0.1, 0.15) is 16.8 Å². The molecule has 0 spiro atoms. The van der Waals surface area contributed by atoms with Gasteiger partial charge in [-0.3, -0.25) is 9.78 Å². The smallest absolute Gasteiger partial charge is 0.237 e. The molecule has 0 unspecified atom stereocenters. The Balaban J connectivity index is 1.87. The molecule has 0 saturated carbocycles. The van der Waals surface area contributed by atoms with Crippen LogP contribution >= 0.6 is 0 Å². The van der Waals surface area contributed by atoms with Gasteiger partial charge in [-0.05, 0) is 30.5 Å². The number of nitrogens with two attached hydrogens (primary N) is 1. The summed E-state index contributed by atoms with van der Waals surface area (Å²) in [5.74, 6) is -0.154. The Kier molecular flexibility index (Phi) is 4.85. The first-order valence-electron chi connectivity index (χ1n) is 6.64. The van der Waals surface area contributed by atoms with Gasteiger partial charge in [0, 0.05) is 6.20 Å². The maximum atomic E-state index is 12.0. The molecule has 0 aliphatic heterocycles. The third-order valence-electron chi connectivity index (χ3n) is 3.18. The molecule has 0 aliphatic rings. The van der Waals surface area contributed by atoms with Crippen LogP contribution in [0.15, 0.2) is 48.7 Å². The van der Waals surface area contributed by atoms with Crippen molar-refractivity contribution in [1.29, 1.82) is 0 Å². The average Bonchev–Trinajstić information content (AvgIpc) is 2.47. The Hall–Kier alpha value is -2.20. The number of hydrogen-bond donors (Lipinski definition) is 2. The molecule has 4 nitrogen and oxygen atoms in total. The van der Waals surface area contributed by atoms with Gasteiger partial charge >= 0.3 is 0 Å². The SMILES string of the molecule is Cc1cccnc1CNC(=O)[C@H](N)Cc1ccccc1. The largest absolute Gasteiger partial charge is 0.349 e. The van der Waals surface area contributed by atoms with Crippen molar-refractivity contribution in [3.05, 3.63) is 65.5 Å². The lowest BCUT2D eigenvalue weighted by Gasteiger charge is -2.12. The van der Waals surface area contributed by atoms with Gasteiger partial charge in [0.25, 0.3) is 0 Å². The number of pyridine rings is 1. The van der Waals surface area contributed by atoms with Crippen LogP contribution in [-0.2, 0) is 17.8 Å². The van der Waals surface area contributed by atoms with E-state index in [1.807, 2.05) is 49.4 Å². The molecule has 0 radical (unpaired) electrons. The molecule has 1 atom stereocenters. The van der Waals surface area contributed by atoms with Crippen molar-refractivity contribution in [3.8, 4) is 0 Å². The number of carbonyl (C=O) groups excluding carboxylic acids is 1. The van der Waals surface area contributed by atoms with Crippen LogP contribution in [0.2, 0.25) is 0 Å². The highest BCUT2D eigenvalue weighted by Crippen LogP contribution is 2.04. The predicted octanol–water partition coefficient (Wildman–Crippen LogP) is 1.58. The second kappa shape index (κ2) is 6.82. The van der Waals surface area contributed by atoms with Crippen molar-refractivity contribution in [2.45, 2.75) is 25.9 Å². The summed E-state index contributed by atoms with van der Waals surface area (Å²) >= 11 is 0. The van der Waals surface area contributed by atoms with Crippen molar-refractivity contribution in [1.82, 2.24) is 10.3 Å². The van der Waals surface area contributed by atoms with Crippen LogP contribution in [0.3, 0.4) is 0 Å². The summed E-state index contributed by atoms with van der Waals surface area (Å²) in [7, 11) is 0. The minimum atomic E-state index is -0.540. The van der Waals surface area contributed by atoms with E-state index < -0.39 is 6.04 Å². The molecule has 20 heavy (non-hydrogen) atoms. The molecule has 0 saturated heterocycles. The first kappa shape index (κ1) is 14.2. The van der Waals surface area contributed by atoms with Crippen molar-refractivity contribution in [2.75, 3.05) is 0 Å². The van der Waals surface area contributed by atoms with E-state index in [-0.39, 0.29) is 5.91 Å². The highest BCUT2D eigenvalue weighted by Gasteiger charge is 2.14. The quantitative estimate of drug-likeness (QED) is 0.866. The van der Waals surface area contributed by atoms with Crippen LogP contribution in [0.5, 0.6) is 0 Å². The summed E-state index contributed by atoms with van der Waals surface area (Å²) in [5, 5.41) is 2.83. The molecule has 0 bridgehead atoms. The summed E-state index contributed by atoms with van der Waals surface area (Å²) in [4.78, 5) is 16.2. The fourth-order valence-corrected chi connectivity index (χ4v) is 1.97. The molecule has 104 valence electrons. The molecule has 1 amide bonds. The first-order chi connectivity index (χ1) is 9.66. The van der Waals surface area contributed by atoms with Gasteiger partial charge in [-0.15, -0.1) is 0 Å².